The molecule has 6 rings (SSSR count). The molecule has 0 radical (unpaired) electrons. The van der Waals surface area contributed by atoms with E-state index in [1.807, 2.05) is 65.7 Å². The maximum Gasteiger partial charge on any atom is 0.314 e. The molecule has 1 saturated heterocycles. The van der Waals surface area contributed by atoms with E-state index in [2.05, 4.69) is 5.32 Å². The first kappa shape index (κ1) is 20.7. The molecule has 3 aliphatic heterocycles. The average molecular weight is 472 g/mol. The number of phenols is 1. The number of para-hydroxylation sites is 1. The van der Waals surface area contributed by atoms with Crippen LogP contribution in [0.25, 0.3) is 6.08 Å². The summed E-state index contributed by atoms with van der Waals surface area (Å²) in [4.78, 5) is 13.4. The summed E-state index contributed by atoms with van der Waals surface area (Å²) < 4.78 is 11.8. The van der Waals surface area contributed by atoms with Crippen LogP contribution in [0, 0.1) is 0 Å². The van der Waals surface area contributed by atoms with Crippen LogP contribution in [-0.4, -0.2) is 34.0 Å². The zero-order valence-corrected chi connectivity index (χ0v) is 19.1. The van der Waals surface area contributed by atoms with Gasteiger partial charge in [0.25, 0.3) is 5.24 Å². The minimum atomic E-state index is -1.28. The number of carbonyl (C=O) groups excluding carboxylic acids is 1. The second kappa shape index (κ2) is 7.85. The Kier molecular flexibility index (Phi) is 4.77. The molecule has 0 saturated carbocycles. The summed E-state index contributed by atoms with van der Waals surface area (Å²) in [5.74, 6) is -0.163. The van der Waals surface area contributed by atoms with Crippen molar-refractivity contribution in [3.8, 4) is 17.2 Å². The van der Waals surface area contributed by atoms with E-state index < -0.39 is 5.85 Å². The molecule has 2 atom stereocenters. The Morgan fingerprint density at radius 3 is 2.79 bits per heavy atom. The number of aromatic hydroxyl groups is 1. The Morgan fingerprint density at radius 2 is 1.97 bits per heavy atom. The van der Waals surface area contributed by atoms with E-state index in [0.29, 0.717) is 22.8 Å². The predicted octanol–water partition coefficient (Wildman–Crippen LogP) is 5.10. The summed E-state index contributed by atoms with van der Waals surface area (Å²) in [6.45, 7) is 0. The molecule has 34 heavy (non-hydrogen) atoms. The number of thioether (sulfide) groups is 1. The van der Waals surface area contributed by atoms with Crippen molar-refractivity contribution < 1.29 is 19.4 Å². The van der Waals surface area contributed by atoms with Gasteiger partial charge in [-0.05, 0) is 47.2 Å². The third-order valence-electron chi connectivity index (χ3n) is 6.19. The fraction of sp³-hybridized carbons (Fsp3) is 0.154. The summed E-state index contributed by atoms with van der Waals surface area (Å²) in [6, 6.07) is 22.9. The van der Waals surface area contributed by atoms with Gasteiger partial charge in [-0.25, -0.2) is 5.01 Å². The van der Waals surface area contributed by atoms with E-state index in [9.17, 15) is 9.90 Å². The zero-order valence-electron chi connectivity index (χ0n) is 18.3. The number of rotatable bonds is 3. The summed E-state index contributed by atoms with van der Waals surface area (Å²) >= 11 is 1.08. The molecule has 7 nitrogen and oxygen atoms in total. The molecule has 3 aromatic carbocycles. The van der Waals surface area contributed by atoms with Crippen molar-refractivity contribution in [3.05, 3.63) is 94.4 Å². The topological polar surface area (TPSA) is 83.4 Å². The van der Waals surface area contributed by atoms with E-state index in [1.54, 1.807) is 18.2 Å². The Bertz CT molecular complexity index is 1360. The second-order valence-electron chi connectivity index (χ2n) is 8.22. The first-order valence-corrected chi connectivity index (χ1v) is 11.7. The highest BCUT2D eigenvalue weighted by Gasteiger charge is 2.58. The average Bonchev–Trinajstić information content (AvgIpc) is 3.44. The number of fused-ring (bicyclic) bond motifs is 4. The maximum atomic E-state index is 12.7. The molecule has 0 aromatic heterocycles. The van der Waals surface area contributed by atoms with E-state index in [1.165, 1.54) is 7.11 Å². The number of hydrazone groups is 1. The first-order chi connectivity index (χ1) is 16.6. The van der Waals surface area contributed by atoms with Gasteiger partial charge in [-0.3, -0.25) is 10.1 Å². The number of methoxy groups -OCH3 is 1. The number of nitrogens with zero attached hydrogens (tertiary/aromatic N) is 2. The van der Waals surface area contributed by atoms with Crippen LogP contribution in [0.3, 0.4) is 0 Å². The van der Waals surface area contributed by atoms with Crippen LogP contribution in [0.15, 0.2) is 82.8 Å². The number of hydrogen-bond acceptors (Lipinski definition) is 7. The van der Waals surface area contributed by atoms with Crippen molar-refractivity contribution in [2.75, 3.05) is 7.11 Å². The zero-order chi connectivity index (χ0) is 23.3. The van der Waals surface area contributed by atoms with E-state index in [4.69, 9.17) is 14.6 Å². The lowest BCUT2D eigenvalue weighted by molar-refractivity contribution is -0.0949. The van der Waals surface area contributed by atoms with Gasteiger partial charge in [0.1, 0.15) is 5.75 Å². The molecule has 3 aromatic rings. The summed E-state index contributed by atoms with van der Waals surface area (Å²) in [6.07, 6.45) is 2.55. The highest BCUT2D eigenvalue weighted by molar-refractivity contribution is 8.17. The van der Waals surface area contributed by atoms with Crippen molar-refractivity contribution in [2.45, 2.75) is 18.3 Å². The van der Waals surface area contributed by atoms with Gasteiger partial charge in [0.15, 0.2) is 11.5 Å². The number of benzene rings is 3. The fourth-order valence-electron chi connectivity index (χ4n) is 4.61. The first-order valence-electron chi connectivity index (χ1n) is 10.9. The van der Waals surface area contributed by atoms with Gasteiger partial charge in [-0.1, -0.05) is 54.6 Å². The van der Waals surface area contributed by atoms with Gasteiger partial charge in [0.05, 0.1) is 23.8 Å². The van der Waals surface area contributed by atoms with E-state index >= 15 is 0 Å². The van der Waals surface area contributed by atoms with Crippen LogP contribution in [0.2, 0.25) is 0 Å². The van der Waals surface area contributed by atoms with Gasteiger partial charge in [-0.2, -0.15) is 5.10 Å². The quantitative estimate of drug-likeness (QED) is 0.553. The molecule has 0 aliphatic carbocycles. The second-order valence-corrected chi connectivity index (χ2v) is 9.23. The Balaban J connectivity index is 1.50. The number of hydrogen-bond donors (Lipinski definition) is 2. The van der Waals surface area contributed by atoms with Crippen molar-refractivity contribution in [3.63, 3.8) is 0 Å². The summed E-state index contributed by atoms with van der Waals surface area (Å²) in [7, 11) is 1.50. The molecule has 1 spiro atoms. The van der Waals surface area contributed by atoms with Gasteiger partial charge in [0.2, 0.25) is 0 Å². The van der Waals surface area contributed by atoms with Gasteiger partial charge < -0.3 is 14.6 Å². The number of phenolic OH excluding ortho intramolecular Hbond substituents is 1. The molecule has 2 unspecified atom stereocenters. The molecule has 8 heteroatoms. The molecule has 1 amide bonds. The van der Waals surface area contributed by atoms with Crippen molar-refractivity contribution >= 4 is 28.8 Å². The van der Waals surface area contributed by atoms with Gasteiger partial charge in [-0.15, -0.1) is 0 Å². The Hall–Kier alpha value is -3.91. The molecule has 1 fully saturated rings. The number of ether oxygens (including phenoxy) is 2. The Morgan fingerprint density at radius 1 is 1.18 bits per heavy atom. The fourth-order valence-corrected chi connectivity index (χ4v) is 5.51. The highest BCUT2D eigenvalue weighted by atomic mass is 32.2. The van der Waals surface area contributed by atoms with Crippen LogP contribution in [0.4, 0.5) is 4.79 Å². The third-order valence-corrected chi connectivity index (χ3v) is 7.09. The lowest BCUT2D eigenvalue weighted by Gasteiger charge is -2.45. The standard InChI is InChI=1S/C26H21N3O4S/c1-32-23-13-16(11-12-21(23)30)14-24-26(27-25(31)34-24)29-20(18-9-5-6-10-22(18)33-26)15-19(28-29)17-7-3-2-4-8-17/h2-14,20,30H,15H2,1H3,(H,27,31)/b24-14-. The van der Waals surface area contributed by atoms with Crippen LogP contribution < -0.4 is 14.8 Å². The van der Waals surface area contributed by atoms with Gasteiger partial charge in [0, 0.05) is 12.0 Å². The van der Waals surface area contributed by atoms with Crippen LogP contribution in [0.5, 0.6) is 17.2 Å². The molecule has 2 N–H and O–H groups in total. The third kappa shape index (κ3) is 3.21. The predicted molar refractivity (Wildman–Crippen MR) is 131 cm³/mol. The lowest BCUT2D eigenvalue weighted by atomic mass is 9.95. The van der Waals surface area contributed by atoms with Crippen molar-refractivity contribution in [1.82, 2.24) is 10.3 Å². The molecular weight excluding hydrogens is 450 g/mol. The monoisotopic (exact) mass is 471 g/mol. The van der Waals surface area contributed by atoms with Crippen molar-refractivity contribution in [2.24, 2.45) is 5.10 Å². The largest absolute Gasteiger partial charge is 0.504 e. The smallest absolute Gasteiger partial charge is 0.314 e. The van der Waals surface area contributed by atoms with Crippen LogP contribution >= 0.6 is 11.8 Å². The molecule has 3 heterocycles. The summed E-state index contributed by atoms with van der Waals surface area (Å²) in [5.41, 5.74) is 3.76. The number of carbonyl (C=O) groups is 1. The minimum Gasteiger partial charge on any atom is -0.504 e. The minimum absolute atomic E-state index is 0.0483. The molecular formula is C26H21N3O4S. The van der Waals surface area contributed by atoms with E-state index in [-0.39, 0.29) is 17.0 Å². The highest BCUT2D eigenvalue weighted by Crippen LogP contribution is 2.52. The normalized spacial score (nSPS) is 23.9. The maximum absolute atomic E-state index is 12.7. The van der Waals surface area contributed by atoms with Gasteiger partial charge >= 0.3 is 5.85 Å². The lowest BCUT2D eigenvalue weighted by Crippen LogP contribution is -2.61. The molecule has 0 bridgehead atoms. The molecule has 3 aliphatic rings. The molecule has 170 valence electrons. The summed E-state index contributed by atoms with van der Waals surface area (Å²) in [5, 5.41) is 19.6. The SMILES string of the molecule is COc1cc(/C=C2\SC(=O)NC23Oc2ccccc2C2CC(c4ccccc4)=NN23)ccc1O. The Labute approximate surface area is 200 Å². The van der Waals surface area contributed by atoms with Crippen LogP contribution in [0.1, 0.15) is 29.2 Å². The number of amides is 1. The van der Waals surface area contributed by atoms with E-state index in [0.717, 1.165) is 34.2 Å². The van der Waals surface area contributed by atoms with Crippen molar-refractivity contribution in [1.29, 1.82) is 0 Å². The van der Waals surface area contributed by atoms with Crippen LogP contribution in [-0.2, 0) is 0 Å². The number of nitrogens with one attached hydrogen (secondary N) is 1.